The molecule has 1 atom stereocenters. The first-order chi connectivity index (χ1) is 10.3. The van der Waals surface area contributed by atoms with Gasteiger partial charge in [-0.2, -0.15) is 0 Å². The van der Waals surface area contributed by atoms with Crippen LogP contribution in [-0.4, -0.2) is 0 Å². The van der Waals surface area contributed by atoms with Crippen LogP contribution in [0.1, 0.15) is 21.7 Å². The zero-order valence-electron chi connectivity index (χ0n) is 13.1. The van der Waals surface area contributed by atoms with Crippen molar-refractivity contribution in [1.82, 2.24) is 0 Å². The third-order valence-corrected chi connectivity index (χ3v) is 6.24. The van der Waals surface area contributed by atoms with Crippen LogP contribution < -0.4 is 14.1 Å². The molecule has 0 spiro atoms. The summed E-state index contributed by atoms with van der Waals surface area (Å²) in [5, 5.41) is 2.65. The molecular weight excluding hydrogens is 388 g/mol. The summed E-state index contributed by atoms with van der Waals surface area (Å²) < 4.78 is 0.627. The van der Waals surface area contributed by atoms with Crippen LogP contribution in [0.5, 0.6) is 0 Å². The maximum Gasteiger partial charge on any atom is -1.00 e. The van der Waals surface area contributed by atoms with Gasteiger partial charge in [-0.3, -0.25) is 0 Å². The summed E-state index contributed by atoms with van der Waals surface area (Å²) in [5.41, 5.74) is 7.13. The Hall–Kier alpha value is -1.67. The van der Waals surface area contributed by atoms with E-state index in [4.69, 9.17) is 0 Å². The van der Waals surface area contributed by atoms with Crippen LogP contribution in [-0.2, 0) is 24.7 Å². The van der Waals surface area contributed by atoms with Crippen molar-refractivity contribution in [3.05, 3.63) is 77.4 Å². The molecule has 1 aliphatic carbocycles. The van der Waals surface area contributed by atoms with Gasteiger partial charge in [0, 0.05) is 0 Å². The van der Waals surface area contributed by atoms with E-state index in [0.717, 1.165) is 0 Å². The van der Waals surface area contributed by atoms with Crippen molar-refractivity contribution < 1.29 is 38.8 Å². The Morgan fingerprint density at radius 3 is 2.17 bits per heavy atom. The number of benzene rings is 3. The Bertz CT molecular complexity index is 882. The minimum atomic E-state index is 0. The van der Waals surface area contributed by atoms with Crippen LogP contribution in [0.15, 0.2) is 66.2 Å². The Balaban J connectivity index is 0.000000960. The van der Waals surface area contributed by atoms with Gasteiger partial charge in [-0.15, -0.1) is 0 Å². The first-order valence-electron chi connectivity index (χ1n) is 7.26. The molecular formula is C20H15F3Zr. The van der Waals surface area contributed by atoms with Gasteiger partial charge < -0.3 is 14.1 Å². The van der Waals surface area contributed by atoms with Crippen LogP contribution in [0.2, 0.25) is 0 Å². The molecule has 0 saturated carbocycles. The van der Waals surface area contributed by atoms with Gasteiger partial charge in [0.05, 0.1) is 0 Å². The first kappa shape index (κ1) is 20.4. The van der Waals surface area contributed by atoms with E-state index in [1.165, 1.54) is 38.6 Å². The Morgan fingerprint density at radius 2 is 1.38 bits per heavy atom. The predicted molar refractivity (Wildman–Crippen MR) is 85.8 cm³/mol. The summed E-state index contributed by atoms with van der Waals surface area (Å²) in [4.78, 5) is 0. The van der Waals surface area contributed by atoms with Crippen molar-refractivity contribution in [2.24, 2.45) is 0 Å². The van der Waals surface area contributed by atoms with E-state index in [1.54, 1.807) is 24.7 Å². The second-order valence-electron chi connectivity index (χ2n) is 5.66. The molecule has 0 N–H and O–H groups in total. The normalized spacial score (nSPS) is 14.8. The predicted octanol–water partition coefficient (Wildman–Crippen LogP) is -3.48. The van der Waals surface area contributed by atoms with E-state index >= 15 is 0 Å². The number of rotatable bonds is 1. The van der Waals surface area contributed by atoms with Crippen LogP contribution >= 0.6 is 0 Å². The molecule has 4 heteroatoms. The molecule has 1 unspecified atom stereocenters. The monoisotopic (exact) mass is 402 g/mol. The minimum absolute atomic E-state index is 0. The van der Waals surface area contributed by atoms with Crippen LogP contribution in [0, 0.1) is 0 Å². The molecule has 1 aliphatic rings. The number of hydrogen-bond acceptors (Lipinski definition) is 0. The molecule has 0 bridgehead atoms. The number of fused-ring (bicyclic) bond motifs is 2. The van der Waals surface area contributed by atoms with Gasteiger partial charge in [0.2, 0.25) is 0 Å². The second-order valence-corrected chi connectivity index (χ2v) is 7.08. The van der Waals surface area contributed by atoms with Crippen molar-refractivity contribution in [3.63, 3.8) is 0 Å². The molecule has 0 saturated heterocycles. The van der Waals surface area contributed by atoms with Gasteiger partial charge in [-0.25, -0.2) is 0 Å². The van der Waals surface area contributed by atoms with Crippen molar-refractivity contribution in [2.45, 2.75) is 10.5 Å². The first-order valence-corrected chi connectivity index (χ1v) is 8.68. The fraction of sp³-hybridized carbons (Fsp3) is 0.100. The van der Waals surface area contributed by atoms with Crippen LogP contribution in [0.3, 0.4) is 0 Å². The molecule has 0 fully saturated rings. The smallest absolute Gasteiger partial charge is 1.00 e. The molecule has 3 aromatic carbocycles. The van der Waals surface area contributed by atoms with Gasteiger partial charge in [0.1, 0.15) is 0 Å². The quantitative estimate of drug-likeness (QED) is 0.396. The van der Waals surface area contributed by atoms with Gasteiger partial charge in [0.15, 0.2) is 0 Å². The molecule has 0 radical (unpaired) electrons. The Labute approximate surface area is 154 Å². The molecule has 0 nitrogen and oxygen atoms in total. The van der Waals surface area contributed by atoms with E-state index in [2.05, 4.69) is 73.7 Å². The van der Waals surface area contributed by atoms with Gasteiger partial charge in [-0.1, -0.05) is 0 Å². The maximum atomic E-state index is 2.38. The Morgan fingerprint density at radius 1 is 0.750 bits per heavy atom. The third kappa shape index (κ3) is 3.12. The standard InChI is InChI=1S/C20H15.3FH.Zr/c1-14-12-16-8-5-11-19(20(16)13-14)18-10-4-7-15-6-2-3-9-17(15)18;;;;/h2-13H,1H3;3*1H;/q;;;;+3/p-3. The van der Waals surface area contributed by atoms with Crippen molar-refractivity contribution in [3.8, 4) is 11.1 Å². The number of hydrogen-bond donors (Lipinski definition) is 0. The molecule has 0 aromatic heterocycles. The zero-order valence-corrected chi connectivity index (χ0v) is 15.5. The van der Waals surface area contributed by atoms with Gasteiger partial charge in [0.25, 0.3) is 0 Å². The molecule has 4 rings (SSSR count). The summed E-state index contributed by atoms with van der Waals surface area (Å²) in [6, 6.07) is 22.0. The van der Waals surface area contributed by atoms with Crippen molar-refractivity contribution >= 4 is 16.8 Å². The van der Waals surface area contributed by atoms with Crippen molar-refractivity contribution in [1.29, 1.82) is 0 Å². The van der Waals surface area contributed by atoms with Crippen LogP contribution in [0.25, 0.3) is 28.0 Å². The molecule has 120 valence electrons. The van der Waals surface area contributed by atoms with E-state index in [9.17, 15) is 0 Å². The summed E-state index contributed by atoms with van der Waals surface area (Å²) in [6.07, 6.45) is 2.38. The Kier molecular flexibility index (Phi) is 6.74. The number of allylic oxidation sites excluding steroid dienone is 1. The van der Waals surface area contributed by atoms with E-state index in [0.29, 0.717) is 3.63 Å². The van der Waals surface area contributed by atoms with Crippen molar-refractivity contribution in [2.75, 3.05) is 0 Å². The van der Waals surface area contributed by atoms with Gasteiger partial charge in [-0.05, 0) is 0 Å². The topological polar surface area (TPSA) is 0 Å². The molecule has 3 aromatic rings. The zero-order chi connectivity index (χ0) is 14.4. The average Bonchev–Trinajstić information content (AvgIpc) is 2.82. The second kappa shape index (κ2) is 7.94. The van der Waals surface area contributed by atoms with E-state index < -0.39 is 0 Å². The SMILES string of the molecule is CC1=Cc2c(-c3cccc4ccccc34)cccc2[CH]1[Zr+3].[F-].[F-].[F-]. The maximum absolute atomic E-state index is 2.38. The third-order valence-electron chi connectivity index (χ3n) is 4.36. The molecule has 0 heterocycles. The molecule has 24 heavy (non-hydrogen) atoms. The minimum Gasteiger partial charge on any atom is -1.00 e. The molecule has 0 aliphatic heterocycles. The summed E-state index contributed by atoms with van der Waals surface area (Å²) in [5.74, 6) is 0. The average molecular weight is 404 g/mol. The number of halogens is 3. The van der Waals surface area contributed by atoms with Crippen LogP contribution in [0.4, 0.5) is 0 Å². The summed E-state index contributed by atoms with van der Waals surface area (Å²) in [7, 11) is 0. The van der Waals surface area contributed by atoms with E-state index in [-0.39, 0.29) is 14.1 Å². The molecule has 0 amide bonds. The fourth-order valence-electron chi connectivity index (χ4n) is 3.25. The van der Waals surface area contributed by atoms with E-state index in [1.807, 2.05) is 0 Å². The van der Waals surface area contributed by atoms with Gasteiger partial charge >= 0.3 is 141 Å². The fourth-order valence-corrected chi connectivity index (χ4v) is 4.07. The summed E-state index contributed by atoms with van der Waals surface area (Å²) in [6.45, 7) is 2.26. The summed E-state index contributed by atoms with van der Waals surface area (Å²) >= 11 is 1.58. The largest absolute Gasteiger partial charge is 1.00 e.